The minimum Gasteiger partial charge on any atom is -0.542 e. The first-order chi connectivity index (χ1) is 3.27. The molecule has 0 aromatic heterocycles. The molecule has 0 rings (SSSR count). The van der Waals surface area contributed by atoms with Crippen molar-refractivity contribution in [2.75, 3.05) is 0 Å². The Hall–Kier alpha value is -0.366. The second-order valence-corrected chi connectivity index (χ2v) is 1.04. The summed E-state index contributed by atoms with van der Waals surface area (Å²) in [6.07, 6.45) is 1.36. The van der Waals surface area contributed by atoms with E-state index in [9.17, 15) is 9.59 Å². The number of rotatable bonds is 3. The average molecular weight is 160 g/mol. The maximum atomic E-state index is 9.58. The predicted octanol–water partition coefficient (Wildman–Crippen LogP) is -0.0416. The second-order valence-electron chi connectivity index (χ2n) is 1.04. The Kier molecular flexibility index (Phi) is 8.78. The van der Waals surface area contributed by atoms with Gasteiger partial charge in [-0.15, -0.1) is 6.42 Å². The van der Waals surface area contributed by atoms with Crippen molar-refractivity contribution in [1.29, 1.82) is 0 Å². The van der Waals surface area contributed by atoms with Crippen LogP contribution < -0.4 is 0 Å². The van der Waals surface area contributed by atoms with Crippen molar-refractivity contribution in [3.8, 4) is 0 Å². The summed E-state index contributed by atoms with van der Waals surface area (Å²) in [5, 5.41) is 7.87. The fourth-order valence-electron chi connectivity index (χ4n) is 0.158. The van der Waals surface area contributed by atoms with E-state index in [1.807, 2.05) is 0 Å². The van der Waals surface area contributed by atoms with Crippen molar-refractivity contribution in [2.24, 2.45) is 0 Å². The van der Waals surface area contributed by atoms with Gasteiger partial charge in [0.2, 0.25) is 0 Å². The van der Waals surface area contributed by atoms with Crippen molar-refractivity contribution >= 4 is 12.3 Å². The molecule has 0 radical (unpaired) electrons. The molecule has 0 unspecified atom stereocenters. The zero-order valence-corrected chi connectivity index (χ0v) is 4.98. The van der Waals surface area contributed by atoms with Crippen LogP contribution in [0.5, 0.6) is 0 Å². The van der Waals surface area contributed by atoms with E-state index in [4.69, 9.17) is 5.11 Å². The van der Waals surface area contributed by atoms with Crippen molar-refractivity contribution < 1.29 is 31.2 Å². The van der Waals surface area contributed by atoms with Crippen molar-refractivity contribution in [2.45, 2.75) is 12.8 Å². The van der Waals surface area contributed by atoms with Gasteiger partial charge < -0.3 is 9.90 Å². The van der Waals surface area contributed by atoms with Gasteiger partial charge in [-0.2, -0.15) is 0 Å². The van der Waals surface area contributed by atoms with Gasteiger partial charge in [-0.25, -0.2) is 0 Å². The molecule has 8 heavy (non-hydrogen) atoms. The first kappa shape index (κ1) is 10.6. The standard InChI is InChI=1S/C4H5O3.Ni/c5-3-1-2-4(6)7;/h1-2H2,(H,6,7);/q-1;. The number of carboxylic acid groups (broad SMARTS) is 1. The van der Waals surface area contributed by atoms with Gasteiger partial charge in [-0.3, -0.25) is 11.1 Å². The van der Waals surface area contributed by atoms with Crippen LogP contribution in [0.3, 0.4) is 0 Å². The fourth-order valence-corrected chi connectivity index (χ4v) is 0.158. The number of hydrogen-bond acceptors (Lipinski definition) is 2. The Morgan fingerprint density at radius 2 is 2.12 bits per heavy atom. The molecular formula is C4H5NiO3-. The molecule has 0 aromatic rings. The van der Waals surface area contributed by atoms with Crippen molar-refractivity contribution in [1.82, 2.24) is 0 Å². The average Bonchev–Trinajstić information content (AvgIpc) is 1.61. The van der Waals surface area contributed by atoms with Gasteiger partial charge in [0.25, 0.3) is 0 Å². The van der Waals surface area contributed by atoms with Gasteiger partial charge in [0, 0.05) is 22.9 Å². The summed E-state index contributed by atoms with van der Waals surface area (Å²) >= 11 is 0. The summed E-state index contributed by atoms with van der Waals surface area (Å²) in [6.45, 7) is 0. The van der Waals surface area contributed by atoms with Crippen LogP contribution in [-0.4, -0.2) is 17.4 Å². The van der Waals surface area contributed by atoms with E-state index in [1.54, 1.807) is 0 Å². The molecule has 0 bridgehead atoms. The van der Waals surface area contributed by atoms with Crippen LogP contribution in [0.2, 0.25) is 0 Å². The molecule has 0 aliphatic carbocycles. The summed E-state index contributed by atoms with van der Waals surface area (Å²) in [4.78, 5) is 18.9. The quantitative estimate of drug-likeness (QED) is 0.465. The summed E-state index contributed by atoms with van der Waals surface area (Å²) < 4.78 is 0. The first-order valence-electron chi connectivity index (χ1n) is 1.84. The molecule has 0 aliphatic rings. The van der Waals surface area contributed by atoms with E-state index in [-0.39, 0.29) is 29.3 Å². The molecule has 3 nitrogen and oxygen atoms in total. The van der Waals surface area contributed by atoms with Crippen molar-refractivity contribution in [3.63, 3.8) is 0 Å². The Labute approximate surface area is 57.0 Å². The van der Waals surface area contributed by atoms with Crippen molar-refractivity contribution in [3.05, 3.63) is 0 Å². The maximum Gasteiger partial charge on any atom is 0.300 e. The minimum absolute atomic E-state index is 0. The number of hydrogen-bond donors (Lipinski definition) is 1. The monoisotopic (exact) mass is 159 g/mol. The van der Waals surface area contributed by atoms with Gasteiger partial charge in [-0.05, 0) is 0 Å². The minimum atomic E-state index is -0.955. The molecule has 0 saturated heterocycles. The van der Waals surface area contributed by atoms with Gasteiger partial charge in [0.15, 0.2) is 0 Å². The van der Waals surface area contributed by atoms with Crippen LogP contribution in [0.15, 0.2) is 0 Å². The van der Waals surface area contributed by atoms with E-state index in [0.29, 0.717) is 0 Å². The van der Waals surface area contributed by atoms with E-state index < -0.39 is 5.97 Å². The molecule has 4 heteroatoms. The van der Waals surface area contributed by atoms with E-state index >= 15 is 0 Å². The van der Waals surface area contributed by atoms with Crippen LogP contribution in [0.25, 0.3) is 0 Å². The van der Waals surface area contributed by atoms with Crippen LogP contribution in [0.1, 0.15) is 12.8 Å². The van der Waals surface area contributed by atoms with Gasteiger partial charge in [0.05, 0.1) is 0 Å². The van der Waals surface area contributed by atoms with Crippen LogP contribution in [0.4, 0.5) is 0 Å². The number of carboxylic acids is 1. The molecular weight excluding hydrogens is 155 g/mol. The van der Waals surface area contributed by atoms with Gasteiger partial charge >= 0.3 is 5.97 Å². The van der Waals surface area contributed by atoms with Gasteiger partial charge in [0.1, 0.15) is 0 Å². The predicted molar refractivity (Wildman–Crippen MR) is 22.6 cm³/mol. The number of carbonyl (C=O) groups is 1. The van der Waals surface area contributed by atoms with E-state index in [0.717, 1.165) is 0 Å². The topological polar surface area (TPSA) is 54.4 Å². The number of carbonyl (C=O) groups excluding carboxylic acids is 1. The molecule has 0 heterocycles. The molecule has 0 aliphatic heterocycles. The fraction of sp³-hybridized carbons (Fsp3) is 0.500. The molecule has 0 atom stereocenters. The molecule has 0 amide bonds. The third kappa shape index (κ3) is 9.16. The summed E-state index contributed by atoms with van der Waals surface area (Å²) in [6, 6.07) is 0. The molecule has 1 N–H and O–H groups in total. The second kappa shape index (κ2) is 6.63. The Balaban J connectivity index is 0. The zero-order chi connectivity index (χ0) is 5.70. The molecule has 0 fully saturated rings. The van der Waals surface area contributed by atoms with Gasteiger partial charge in [-0.1, -0.05) is 0 Å². The first-order valence-corrected chi connectivity index (χ1v) is 1.84. The Morgan fingerprint density at radius 1 is 1.62 bits per heavy atom. The molecule has 50 valence electrons. The maximum absolute atomic E-state index is 9.58. The summed E-state index contributed by atoms with van der Waals surface area (Å²) in [7, 11) is 0. The molecule has 0 spiro atoms. The van der Waals surface area contributed by atoms with E-state index in [1.165, 1.54) is 6.29 Å². The largest absolute Gasteiger partial charge is 0.542 e. The van der Waals surface area contributed by atoms with Crippen LogP contribution >= 0.6 is 0 Å². The Morgan fingerprint density at radius 3 is 2.25 bits per heavy atom. The summed E-state index contributed by atoms with van der Waals surface area (Å²) in [5.74, 6) is -0.955. The summed E-state index contributed by atoms with van der Waals surface area (Å²) in [5.41, 5.74) is 0. The molecule has 0 aromatic carbocycles. The normalized spacial score (nSPS) is 7.00. The van der Waals surface area contributed by atoms with Crippen LogP contribution in [0, 0.1) is 0 Å². The number of aliphatic carboxylic acids is 1. The third-order valence-corrected chi connectivity index (χ3v) is 0.441. The van der Waals surface area contributed by atoms with Crippen LogP contribution in [-0.2, 0) is 26.1 Å². The smallest absolute Gasteiger partial charge is 0.300 e. The SMILES string of the molecule is O=[C-]CCC(=O)O.[Ni]. The zero-order valence-electron chi connectivity index (χ0n) is 3.99. The van der Waals surface area contributed by atoms with E-state index in [2.05, 4.69) is 0 Å². The Bertz CT molecular complexity index is 81.4. The molecule has 0 saturated carbocycles. The third-order valence-electron chi connectivity index (χ3n) is 0.441.